The standard InChI is InChI=1S/C11H23FS/c1-4-6-7-8-9-10(3)11(12,13)5-2/h10,13H,4-9H2,1-3H3. The third kappa shape index (κ3) is 5.56. The molecule has 0 aromatic carbocycles. The smallest absolute Gasteiger partial charge is 0.155 e. The van der Waals surface area contributed by atoms with Crippen molar-refractivity contribution in [3.8, 4) is 0 Å². The van der Waals surface area contributed by atoms with Crippen LogP contribution < -0.4 is 0 Å². The number of hydrogen-bond acceptors (Lipinski definition) is 1. The minimum atomic E-state index is -1.26. The van der Waals surface area contributed by atoms with E-state index in [1.165, 1.54) is 19.3 Å². The Labute approximate surface area is 87.7 Å². The molecule has 0 bridgehead atoms. The second kappa shape index (κ2) is 6.69. The molecule has 0 aromatic rings. The van der Waals surface area contributed by atoms with Crippen LogP contribution in [0.1, 0.15) is 59.3 Å². The summed E-state index contributed by atoms with van der Waals surface area (Å²) in [6, 6.07) is 0. The third-order valence-electron chi connectivity index (χ3n) is 2.74. The van der Waals surface area contributed by atoms with E-state index < -0.39 is 5.00 Å². The van der Waals surface area contributed by atoms with Crippen molar-refractivity contribution in [2.45, 2.75) is 64.3 Å². The van der Waals surface area contributed by atoms with Gasteiger partial charge in [0.2, 0.25) is 0 Å². The van der Waals surface area contributed by atoms with Crippen LogP contribution in [0.5, 0.6) is 0 Å². The van der Waals surface area contributed by atoms with Crippen LogP contribution in [0.3, 0.4) is 0 Å². The third-order valence-corrected chi connectivity index (χ3v) is 3.50. The SMILES string of the molecule is CCCCCCC(C)C(F)(S)CC. The van der Waals surface area contributed by atoms with Crippen LogP contribution in [0.4, 0.5) is 4.39 Å². The first kappa shape index (κ1) is 13.3. The van der Waals surface area contributed by atoms with Gasteiger partial charge in [-0.05, 0) is 18.8 Å². The van der Waals surface area contributed by atoms with Gasteiger partial charge < -0.3 is 0 Å². The summed E-state index contributed by atoms with van der Waals surface area (Å²) in [5.41, 5.74) is 0. The van der Waals surface area contributed by atoms with E-state index in [1.807, 2.05) is 13.8 Å². The van der Waals surface area contributed by atoms with E-state index in [1.54, 1.807) is 0 Å². The fraction of sp³-hybridized carbons (Fsp3) is 1.00. The fourth-order valence-electron chi connectivity index (χ4n) is 1.45. The van der Waals surface area contributed by atoms with Crippen molar-refractivity contribution in [3.05, 3.63) is 0 Å². The molecule has 0 nitrogen and oxygen atoms in total. The van der Waals surface area contributed by atoms with Crippen molar-refractivity contribution >= 4 is 12.6 Å². The average molecular weight is 206 g/mol. The van der Waals surface area contributed by atoms with E-state index in [-0.39, 0.29) is 5.92 Å². The van der Waals surface area contributed by atoms with Gasteiger partial charge in [0.1, 0.15) is 0 Å². The second-order valence-corrected chi connectivity index (χ2v) is 4.67. The van der Waals surface area contributed by atoms with Gasteiger partial charge in [-0.1, -0.05) is 46.5 Å². The summed E-state index contributed by atoms with van der Waals surface area (Å²) in [5, 5.41) is -1.26. The largest absolute Gasteiger partial charge is 0.232 e. The highest BCUT2D eigenvalue weighted by Gasteiger charge is 2.29. The molecule has 13 heavy (non-hydrogen) atoms. The van der Waals surface area contributed by atoms with Gasteiger partial charge in [-0.25, -0.2) is 4.39 Å². The second-order valence-electron chi connectivity index (χ2n) is 3.92. The van der Waals surface area contributed by atoms with Crippen molar-refractivity contribution in [1.29, 1.82) is 0 Å². The molecular formula is C11H23FS. The zero-order chi connectivity index (χ0) is 10.3. The van der Waals surface area contributed by atoms with E-state index in [2.05, 4.69) is 19.6 Å². The summed E-state index contributed by atoms with van der Waals surface area (Å²) in [6.07, 6.45) is 6.35. The predicted octanol–water partition coefficient (Wildman–Crippen LogP) is 4.60. The Hall–Kier alpha value is 0.280. The molecule has 0 aliphatic carbocycles. The zero-order valence-electron chi connectivity index (χ0n) is 9.15. The quantitative estimate of drug-likeness (QED) is 0.457. The van der Waals surface area contributed by atoms with E-state index in [0.29, 0.717) is 6.42 Å². The molecule has 0 aliphatic rings. The number of thiol groups is 1. The van der Waals surface area contributed by atoms with Crippen LogP contribution in [-0.2, 0) is 0 Å². The maximum absolute atomic E-state index is 13.6. The first-order chi connectivity index (χ1) is 6.04. The van der Waals surface area contributed by atoms with Crippen LogP contribution in [0.2, 0.25) is 0 Å². The molecule has 0 saturated carbocycles. The molecule has 0 rings (SSSR count). The Morgan fingerprint density at radius 2 is 1.85 bits per heavy atom. The topological polar surface area (TPSA) is 0 Å². The van der Waals surface area contributed by atoms with Gasteiger partial charge in [0.05, 0.1) is 0 Å². The number of hydrogen-bond donors (Lipinski definition) is 1. The van der Waals surface area contributed by atoms with E-state index >= 15 is 0 Å². The van der Waals surface area contributed by atoms with Crippen LogP contribution in [0, 0.1) is 5.92 Å². The monoisotopic (exact) mass is 206 g/mol. The van der Waals surface area contributed by atoms with Gasteiger partial charge in [-0.2, -0.15) is 0 Å². The lowest BCUT2D eigenvalue weighted by molar-refractivity contribution is 0.184. The Bertz CT molecular complexity index is 123. The summed E-state index contributed by atoms with van der Waals surface area (Å²) in [6.45, 7) is 6.01. The number of unbranched alkanes of at least 4 members (excludes halogenated alkanes) is 3. The van der Waals surface area contributed by atoms with Crippen molar-refractivity contribution in [2.75, 3.05) is 0 Å². The van der Waals surface area contributed by atoms with Gasteiger partial charge in [-0.15, -0.1) is 12.6 Å². The first-order valence-corrected chi connectivity index (χ1v) is 5.90. The molecule has 0 amide bonds. The molecule has 0 aliphatic heterocycles. The van der Waals surface area contributed by atoms with Crippen molar-refractivity contribution in [2.24, 2.45) is 5.92 Å². The molecule has 2 atom stereocenters. The fourth-order valence-corrected chi connectivity index (χ4v) is 1.58. The highest BCUT2D eigenvalue weighted by Crippen LogP contribution is 2.33. The minimum Gasteiger partial charge on any atom is -0.232 e. The van der Waals surface area contributed by atoms with Crippen molar-refractivity contribution in [1.82, 2.24) is 0 Å². The van der Waals surface area contributed by atoms with Crippen LogP contribution in [-0.4, -0.2) is 5.00 Å². The molecular weight excluding hydrogens is 183 g/mol. The summed E-state index contributed by atoms with van der Waals surface area (Å²) in [7, 11) is 0. The number of halogens is 1. The van der Waals surface area contributed by atoms with E-state index in [4.69, 9.17) is 0 Å². The summed E-state index contributed by atoms with van der Waals surface area (Å²) in [4.78, 5) is 0. The van der Waals surface area contributed by atoms with Crippen molar-refractivity contribution < 1.29 is 4.39 Å². The van der Waals surface area contributed by atoms with Crippen molar-refractivity contribution in [3.63, 3.8) is 0 Å². The molecule has 0 spiro atoms. The molecule has 2 unspecified atom stereocenters. The molecule has 0 aromatic heterocycles. The van der Waals surface area contributed by atoms with Crippen LogP contribution in [0.15, 0.2) is 0 Å². The van der Waals surface area contributed by atoms with Gasteiger partial charge in [0.15, 0.2) is 5.00 Å². The lowest BCUT2D eigenvalue weighted by Crippen LogP contribution is -2.23. The lowest BCUT2D eigenvalue weighted by Gasteiger charge is -2.25. The van der Waals surface area contributed by atoms with Gasteiger partial charge >= 0.3 is 0 Å². The zero-order valence-corrected chi connectivity index (χ0v) is 10.0. The van der Waals surface area contributed by atoms with Crippen LogP contribution in [0.25, 0.3) is 0 Å². The maximum atomic E-state index is 13.6. The molecule has 0 saturated heterocycles. The Kier molecular flexibility index (Phi) is 6.84. The summed E-state index contributed by atoms with van der Waals surface area (Å²) in [5.74, 6) is 0.0812. The number of rotatable bonds is 7. The lowest BCUT2D eigenvalue weighted by atomic mass is 9.96. The molecule has 0 N–H and O–H groups in total. The Morgan fingerprint density at radius 1 is 1.23 bits per heavy atom. The summed E-state index contributed by atoms with van der Waals surface area (Å²) < 4.78 is 13.6. The van der Waals surface area contributed by atoms with Crippen LogP contribution >= 0.6 is 12.6 Å². The molecule has 80 valence electrons. The van der Waals surface area contributed by atoms with E-state index in [9.17, 15) is 4.39 Å². The molecule has 0 fully saturated rings. The number of alkyl halides is 1. The Balaban J connectivity index is 3.55. The van der Waals surface area contributed by atoms with E-state index in [0.717, 1.165) is 12.8 Å². The molecule has 0 radical (unpaired) electrons. The molecule has 0 heterocycles. The van der Waals surface area contributed by atoms with Gasteiger partial charge in [0.25, 0.3) is 0 Å². The summed E-state index contributed by atoms with van der Waals surface area (Å²) >= 11 is 4.04. The van der Waals surface area contributed by atoms with Gasteiger partial charge in [-0.3, -0.25) is 0 Å². The highest BCUT2D eigenvalue weighted by atomic mass is 32.1. The average Bonchev–Trinajstić information content (AvgIpc) is 2.12. The Morgan fingerprint density at radius 3 is 2.31 bits per heavy atom. The van der Waals surface area contributed by atoms with Gasteiger partial charge in [0, 0.05) is 0 Å². The maximum Gasteiger partial charge on any atom is 0.155 e. The predicted molar refractivity (Wildman–Crippen MR) is 61.0 cm³/mol. The highest BCUT2D eigenvalue weighted by molar-refractivity contribution is 7.81. The first-order valence-electron chi connectivity index (χ1n) is 5.45. The normalized spacial score (nSPS) is 18.2. The molecule has 2 heteroatoms. The minimum absolute atomic E-state index is 0.0812.